The first-order valence-corrected chi connectivity index (χ1v) is 15.1. The van der Waals surface area contributed by atoms with Crippen molar-refractivity contribution in [2.75, 3.05) is 24.5 Å². The van der Waals surface area contributed by atoms with Crippen molar-refractivity contribution in [2.24, 2.45) is 0 Å². The van der Waals surface area contributed by atoms with Gasteiger partial charge in [0, 0.05) is 38.1 Å². The summed E-state index contributed by atoms with van der Waals surface area (Å²) in [6.45, 7) is 11.9. The number of hydrogen-bond acceptors (Lipinski definition) is 6. The number of likely N-dealkylation sites (tertiary alicyclic amines) is 1. The summed E-state index contributed by atoms with van der Waals surface area (Å²) in [7, 11) is 0. The molecule has 0 radical (unpaired) electrons. The Morgan fingerprint density at radius 2 is 1.80 bits per heavy atom. The maximum Gasteiger partial charge on any atom is 0.417 e. The number of fused-ring (bicyclic) bond motifs is 1. The Hall–Kier alpha value is -3.51. The zero-order valence-corrected chi connectivity index (χ0v) is 26.5. The summed E-state index contributed by atoms with van der Waals surface area (Å²) in [6, 6.07) is 0.844. The molecular weight excluding hydrogens is 581 g/mol. The molecule has 1 atom stereocenters. The van der Waals surface area contributed by atoms with Crippen molar-refractivity contribution >= 4 is 29.5 Å². The number of carbonyl (C=O) groups excluding carboxylic acids is 4. The monoisotopic (exact) mass is 624 g/mol. The molecule has 4 amide bonds. The molecule has 1 saturated heterocycles. The van der Waals surface area contributed by atoms with Crippen molar-refractivity contribution < 1.29 is 41.8 Å². The third-order valence-electron chi connectivity index (χ3n) is 7.79. The van der Waals surface area contributed by atoms with E-state index in [0.29, 0.717) is 19.4 Å². The van der Waals surface area contributed by atoms with E-state index in [9.17, 15) is 32.3 Å². The highest BCUT2D eigenvalue weighted by Crippen LogP contribution is 2.44. The zero-order chi connectivity index (χ0) is 32.8. The van der Waals surface area contributed by atoms with Crippen molar-refractivity contribution in [3.63, 3.8) is 0 Å². The van der Waals surface area contributed by atoms with Gasteiger partial charge < -0.3 is 29.5 Å². The largest absolute Gasteiger partial charge is 0.476 e. The van der Waals surface area contributed by atoms with E-state index < -0.39 is 58.5 Å². The number of halogens is 3. The molecule has 0 spiro atoms. The fraction of sp³-hybridized carbons (Fsp3) is 0.677. The highest BCUT2D eigenvalue weighted by Gasteiger charge is 2.46. The number of carbonyl (C=O) groups is 4. The predicted molar refractivity (Wildman–Crippen MR) is 156 cm³/mol. The first-order chi connectivity index (χ1) is 20.3. The lowest BCUT2D eigenvalue weighted by molar-refractivity contribution is -0.138. The molecule has 244 valence electrons. The van der Waals surface area contributed by atoms with Crippen LogP contribution in [0.1, 0.15) is 96.5 Å². The summed E-state index contributed by atoms with van der Waals surface area (Å²) >= 11 is 0. The minimum absolute atomic E-state index is 0.00683. The Morgan fingerprint density at radius 3 is 2.36 bits per heavy atom. The van der Waals surface area contributed by atoms with Gasteiger partial charge in [-0.05, 0) is 86.3 Å². The van der Waals surface area contributed by atoms with Gasteiger partial charge in [0.15, 0.2) is 5.60 Å². The Labute approximate surface area is 256 Å². The quantitative estimate of drug-likeness (QED) is 0.451. The van der Waals surface area contributed by atoms with E-state index in [1.807, 2.05) is 0 Å². The van der Waals surface area contributed by atoms with Crippen LogP contribution >= 0.6 is 0 Å². The van der Waals surface area contributed by atoms with Crippen LogP contribution in [0, 0.1) is 0 Å². The molecule has 0 unspecified atom stereocenters. The number of anilines is 1. The molecule has 1 aliphatic carbocycles. The van der Waals surface area contributed by atoms with E-state index in [1.165, 1.54) is 28.5 Å². The van der Waals surface area contributed by atoms with E-state index in [-0.39, 0.29) is 42.9 Å². The van der Waals surface area contributed by atoms with Crippen molar-refractivity contribution in [3.05, 3.63) is 23.3 Å². The smallest absolute Gasteiger partial charge is 0.417 e. The number of ether oxygens (including phenoxy) is 2. The van der Waals surface area contributed by atoms with E-state index in [4.69, 9.17) is 9.47 Å². The van der Waals surface area contributed by atoms with Crippen LogP contribution in [0.5, 0.6) is 5.75 Å². The molecule has 2 aliphatic heterocycles. The van der Waals surface area contributed by atoms with Crippen LogP contribution in [-0.2, 0) is 20.5 Å². The lowest BCUT2D eigenvalue weighted by Gasteiger charge is -2.42. The van der Waals surface area contributed by atoms with Crippen LogP contribution < -0.4 is 15.0 Å². The first-order valence-electron chi connectivity index (χ1n) is 15.1. The highest BCUT2D eigenvalue weighted by atomic mass is 19.4. The normalized spacial score (nSPS) is 20.2. The Morgan fingerprint density at radius 1 is 1.14 bits per heavy atom. The van der Waals surface area contributed by atoms with E-state index in [1.54, 1.807) is 34.6 Å². The molecule has 1 N–H and O–H groups in total. The standard InChI is InChI=1S/C31H43F3N4O6/c1-18(2)38(20-9-8-13-36(17-20)28(42)44-29(3,4)5)26(40)21-15-23-24(16-22(21)31(32,33)34)43-30(6,7)27(41)37(23)14-12-25(39)35-19-10-11-19/h15-16,18-20H,8-14,17H2,1-7H3,(H,35,39)/t20-/m1/s1. The van der Waals surface area contributed by atoms with Crippen LogP contribution in [0.15, 0.2) is 12.1 Å². The molecule has 2 heterocycles. The molecule has 0 aromatic heterocycles. The van der Waals surface area contributed by atoms with Crippen molar-refractivity contribution in [1.29, 1.82) is 0 Å². The van der Waals surface area contributed by atoms with Gasteiger partial charge in [-0.15, -0.1) is 0 Å². The number of amides is 4. The fourth-order valence-electron chi connectivity index (χ4n) is 5.62. The van der Waals surface area contributed by atoms with E-state index in [0.717, 1.165) is 25.0 Å². The molecule has 13 heteroatoms. The third-order valence-corrected chi connectivity index (χ3v) is 7.79. The minimum Gasteiger partial charge on any atom is -0.476 e. The Balaban J connectivity index is 1.71. The van der Waals surface area contributed by atoms with Gasteiger partial charge in [-0.2, -0.15) is 13.2 Å². The molecule has 44 heavy (non-hydrogen) atoms. The van der Waals surface area contributed by atoms with Gasteiger partial charge in [0.1, 0.15) is 11.4 Å². The maximum absolute atomic E-state index is 14.5. The van der Waals surface area contributed by atoms with Crippen LogP contribution in [0.4, 0.5) is 23.7 Å². The lowest BCUT2D eigenvalue weighted by Crippen LogP contribution is -2.55. The second kappa shape index (κ2) is 12.1. The first kappa shape index (κ1) is 33.4. The summed E-state index contributed by atoms with van der Waals surface area (Å²) < 4.78 is 54.8. The van der Waals surface area contributed by atoms with E-state index >= 15 is 0 Å². The molecule has 1 aromatic rings. The Kier molecular flexibility index (Phi) is 9.19. The minimum atomic E-state index is -4.91. The number of piperidine rings is 1. The highest BCUT2D eigenvalue weighted by molar-refractivity contribution is 6.05. The third kappa shape index (κ3) is 7.58. The van der Waals surface area contributed by atoms with Crippen LogP contribution in [0.3, 0.4) is 0 Å². The van der Waals surface area contributed by atoms with Crippen LogP contribution in [0.2, 0.25) is 0 Å². The number of hydrogen-bond donors (Lipinski definition) is 1. The van der Waals surface area contributed by atoms with Crippen molar-refractivity contribution in [1.82, 2.24) is 15.1 Å². The number of benzene rings is 1. The van der Waals surface area contributed by atoms with Gasteiger partial charge in [-0.25, -0.2) is 4.79 Å². The molecule has 0 bridgehead atoms. The summed E-state index contributed by atoms with van der Waals surface area (Å²) in [5.74, 6) is -1.89. The van der Waals surface area contributed by atoms with Crippen LogP contribution in [-0.4, -0.2) is 82.6 Å². The molecule has 10 nitrogen and oxygen atoms in total. The summed E-state index contributed by atoms with van der Waals surface area (Å²) in [5, 5.41) is 2.84. The fourth-order valence-corrected chi connectivity index (χ4v) is 5.62. The molecular formula is C31H43F3N4O6. The van der Waals surface area contributed by atoms with Gasteiger partial charge in [-0.3, -0.25) is 14.4 Å². The second-order valence-corrected chi connectivity index (χ2v) is 13.6. The molecule has 3 aliphatic rings. The second-order valence-electron chi connectivity index (χ2n) is 13.6. The summed E-state index contributed by atoms with van der Waals surface area (Å²) in [5.41, 5.74) is -4.06. The number of nitrogens with zero attached hydrogens (tertiary/aromatic N) is 3. The van der Waals surface area contributed by atoms with Gasteiger partial charge in [0.2, 0.25) is 5.91 Å². The molecule has 1 aromatic carbocycles. The molecule has 4 rings (SSSR count). The zero-order valence-electron chi connectivity index (χ0n) is 26.5. The average Bonchev–Trinajstić information content (AvgIpc) is 3.70. The SMILES string of the molecule is CC(C)N(C(=O)c1cc2c(cc1C(F)(F)F)OC(C)(C)C(=O)N2CCC(=O)NC1CC1)[C@@H]1CCCN(C(=O)OC(C)(C)C)C1. The summed E-state index contributed by atoms with van der Waals surface area (Å²) in [6.07, 6.45) is -2.76. The molecule has 1 saturated carbocycles. The average molecular weight is 625 g/mol. The summed E-state index contributed by atoms with van der Waals surface area (Å²) in [4.78, 5) is 56.9. The number of rotatable bonds is 7. The number of alkyl halides is 3. The predicted octanol–water partition coefficient (Wildman–Crippen LogP) is 5.13. The van der Waals surface area contributed by atoms with Crippen molar-refractivity contribution in [2.45, 2.75) is 116 Å². The Bertz CT molecular complexity index is 1300. The number of nitrogens with one attached hydrogen (secondary N) is 1. The molecule has 2 fully saturated rings. The van der Waals surface area contributed by atoms with Gasteiger partial charge >= 0.3 is 12.3 Å². The van der Waals surface area contributed by atoms with Crippen molar-refractivity contribution in [3.8, 4) is 5.75 Å². The lowest BCUT2D eigenvalue weighted by atomic mass is 9.96. The maximum atomic E-state index is 14.5. The topological polar surface area (TPSA) is 108 Å². The van der Waals surface area contributed by atoms with E-state index in [2.05, 4.69) is 5.32 Å². The van der Waals surface area contributed by atoms with Gasteiger partial charge in [0.25, 0.3) is 11.8 Å². The van der Waals surface area contributed by atoms with Gasteiger partial charge in [0.05, 0.1) is 22.9 Å². The van der Waals surface area contributed by atoms with Gasteiger partial charge in [-0.1, -0.05) is 0 Å². The van der Waals surface area contributed by atoms with Crippen LogP contribution in [0.25, 0.3) is 0 Å².